The van der Waals surface area contributed by atoms with Crippen molar-refractivity contribution < 1.29 is 14.3 Å². The average molecular weight is 199 g/mol. The minimum absolute atomic E-state index is 0.0657. The van der Waals surface area contributed by atoms with Gasteiger partial charge in [-0.15, -0.1) is 0 Å². The van der Waals surface area contributed by atoms with E-state index in [9.17, 15) is 9.59 Å². The molecule has 14 heavy (non-hydrogen) atoms. The molecule has 0 unspecified atom stereocenters. The lowest BCUT2D eigenvalue weighted by Crippen LogP contribution is -2.25. The fourth-order valence-corrected chi connectivity index (χ4v) is 0.908. The number of carbonyl (C=O) groups is 2. The van der Waals surface area contributed by atoms with E-state index in [1.54, 1.807) is 13.8 Å². The van der Waals surface area contributed by atoms with E-state index < -0.39 is 6.09 Å². The van der Waals surface area contributed by atoms with Crippen LogP contribution in [0, 0.1) is 11.8 Å². The molecule has 4 heteroatoms. The Balaban J connectivity index is 4.86. The largest absolute Gasteiger partial charge is 0.451 e. The Labute approximate surface area is 84.4 Å². The molecule has 0 N–H and O–H groups in total. The highest BCUT2D eigenvalue weighted by Crippen LogP contribution is 2.06. The van der Waals surface area contributed by atoms with Gasteiger partial charge in [-0.25, -0.2) is 4.79 Å². The zero-order valence-electron chi connectivity index (χ0n) is 9.33. The van der Waals surface area contributed by atoms with E-state index in [4.69, 9.17) is 0 Å². The van der Waals surface area contributed by atoms with Crippen molar-refractivity contribution in [2.24, 2.45) is 16.8 Å². The summed E-state index contributed by atoms with van der Waals surface area (Å²) in [6.45, 7) is 7.19. The quantitative estimate of drug-likeness (QED) is 0.654. The third-order valence-corrected chi connectivity index (χ3v) is 1.71. The molecule has 0 saturated heterocycles. The van der Waals surface area contributed by atoms with Gasteiger partial charge < -0.3 is 4.74 Å². The number of amides is 1. The summed E-state index contributed by atoms with van der Waals surface area (Å²) in [5, 5.41) is 0. The number of hydrogen-bond acceptors (Lipinski definition) is 3. The maximum Gasteiger partial charge on any atom is 0.433 e. The van der Waals surface area contributed by atoms with Crippen molar-refractivity contribution in [3.63, 3.8) is 0 Å². The van der Waals surface area contributed by atoms with E-state index in [1.807, 2.05) is 13.8 Å². The van der Waals surface area contributed by atoms with Crippen LogP contribution in [0.2, 0.25) is 0 Å². The van der Waals surface area contributed by atoms with E-state index >= 15 is 0 Å². The van der Waals surface area contributed by atoms with E-state index in [0.29, 0.717) is 0 Å². The lowest BCUT2D eigenvalue weighted by molar-refractivity contribution is -0.115. The molecule has 0 rings (SSSR count). The Kier molecular flexibility index (Phi) is 5.05. The number of Topliss-reactive ketones (excluding diaryl/α,β-unsaturated/α-hetero) is 1. The molecule has 0 aromatic rings. The van der Waals surface area contributed by atoms with Gasteiger partial charge in [-0.05, 0) is 5.92 Å². The molecule has 0 aliphatic heterocycles. The van der Waals surface area contributed by atoms with Crippen LogP contribution in [0.15, 0.2) is 4.99 Å². The first-order chi connectivity index (χ1) is 6.40. The van der Waals surface area contributed by atoms with Crippen molar-refractivity contribution in [3.05, 3.63) is 0 Å². The molecule has 0 aliphatic rings. The highest BCUT2D eigenvalue weighted by Gasteiger charge is 2.19. The zero-order valence-corrected chi connectivity index (χ0v) is 9.33. The summed E-state index contributed by atoms with van der Waals surface area (Å²) in [5.74, 6) is -0.324. The van der Waals surface area contributed by atoms with Crippen LogP contribution in [0.25, 0.3) is 0 Å². The van der Waals surface area contributed by atoms with Gasteiger partial charge in [0, 0.05) is 5.92 Å². The second-order valence-electron chi connectivity index (χ2n) is 3.64. The minimum atomic E-state index is -0.720. The van der Waals surface area contributed by atoms with Gasteiger partial charge in [0.2, 0.25) is 0 Å². The molecule has 0 atom stereocenters. The number of ether oxygens (including phenoxy) is 1. The van der Waals surface area contributed by atoms with Crippen LogP contribution < -0.4 is 0 Å². The lowest BCUT2D eigenvalue weighted by Gasteiger charge is -2.10. The Hall–Kier alpha value is -1.19. The van der Waals surface area contributed by atoms with Gasteiger partial charge in [0.1, 0.15) is 0 Å². The number of ketones is 1. The molecule has 0 spiro atoms. The van der Waals surface area contributed by atoms with E-state index in [0.717, 1.165) is 0 Å². The molecule has 0 bridgehead atoms. The van der Waals surface area contributed by atoms with Crippen LogP contribution in [-0.2, 0) is 9.53 Å². The van der Waals surface area contributed by atoms with Crippen molar-refractivity contribution in [1.29, 1.82) is 0 Å². The summed E-state index contributed by atoms with van der Waals surface area (Å²) in [7, 11) is 1.24. The number of methoxy groups -OCH3 is 1. The smallest absolute Gasteiger partial charge is 0.433 e. The maximum atomic E-state index is 11.6. The molecule has 4 nitrogen and oxygen atoms in total. The van der Waals surface area contributed by atoms with Gasteiger partial charge in [0.15, 0.2) is 5.78 Å². The van der Waals surface area contributed by atoms with Crippen LogP contribution in [0.4, 0.5) is 4.79 Å². The van der Waals surface area contributed by atoms with Gasteiger partial charge in [-0.2, -0.15) is 4.99 Å². The molecule has 80 valence electrons. The Morgan fingerprint density at radius 1 is 1.07 bits per heavy atom. The number of carbonyl (C=O) groups excluding carboxylic acids is 2. The second kappa shape index (κ2) is 5.52. The van der Waals surface area contributed by atoms with Gasteiger partial charge in [0.05, 0.1) is 12.8 Å². The van der Waals surface area contributed by atoms with E-state index in [1.165, 1.54) is 7.11 Å². The van der Waals surface area contributed by atoms with Crippen molar-refractivity contribution in [2.75, 3.05) is 7.11 Å². The van der Waals surface area contributed by atoms with E-state index in [2.05, 4.69) is 9.73 Å². The summed E-state index contributed by atoms with van der Waals surface area (Å²) in [6, 6.07) is 0. The summed E-state index contributed by atoms with van der Waals surface area (Å²) >= 11 is 0. The number of hydrogen-bond donors (Lipinski definition) is 0. The summed E-state index contributed by atoms with van der Waals surface area (Å²) in [6.07, 6.45) is -0.720. The SMILES string of the molecule is COC(=O)N=C(C(=O)C(C)C)C(C)C. The predicted molar refractivity (Wildman–Crippen MR) is 54.5 cm³/mol. The number of nitrogens with zero attached hydrogens (tertiary/aromatic N) is 1. The first kappa shape index (κ1) is 12.8. The summed E-state index contributed by atoms with van der Waals surface area (Å²) < 4.78 is 4.38. The topological polar surface area (TPSA) is 55.7 Å². The molecule has 0 aromatic heterocycles. The van der Waals surface area contributed by atoms with Crippen molar-refractivity contribution in [2.45, 2.75) is 27.7 Å². The molecule has 0 aromatic carbocycles. The third-order valence-electron chi connectivity index (χ3n) is 1.71. The van der Waals surface area contributed by atoms with Crippen LogP contribution in [-0.4, -0.2) is 24.7 Å². The van der Waals surface area contributed by atoms with E-state index in [-0.39, 0.29) is 23.3 Å². The molecule has 0 fully saturated rings. The fraction of sp³-hybridized carbons (Fsp3) is 0.700. The van der Waals surface area contributed by atoms with Gasteiger partial charge in [-0.3, -0.25) is 4.79 Å². The van der Waals surface area contributed by atoms with Crippen LogP contribution in [0.1, 0.15) is 27.7 Å². The van der Waals surface area contributed by atoms with Crippen LogP contribution in [0.5, 0.6) is 0 Å². The van der Waals surface area contributed by atoms with Crippen LogP contribution in [0.3, 0.4) is 0 Å². The maximum absolute atomic E-state index is 11.6. The Morgan fingerprint density at radius 2 is 1.57 bits per heavy atom. The molecule has 0 aliphatic carbocycles. The number of rotatable bonds is 3. The first-order valence-electron chi connectivity index (χ1n) is 4.60. The molecule has 0 radical (unpaired) electrons. The zero-order chi connectivity index (χ0) is 11.3. The van der Waals surface area contributed by atoms with Crippen molar-refractivity contribution in [3.8, 4) is 0 Å². The van der Waals surface area contributed by atoms with Gasteiger partial charge in [-0.1, -0.05) is 27.7 Å². The monoisotopic (exact) mass is 199 g/mol. The normalized spacial score (nSPS) is 12.1. The fourth-order valence-electron chi connectivity index (χ4n) is 0.908. The number of aliphatic imine (C=N–C) groups is 1. The summed E-state index contributed by atoms with van der Waals surface area (Å²) in [5.41, 5.74) is 0.284. The molecule has 0 saturated carbocycles. The second-order valence-corrected chi connectivity index (χ2v) is 3.64. The Morgan fingerprint density at radius 3 is 1.86 bits per heavy atom. The Bertz CT molecular complexity index is 254. The standard InChI is InChI=1S/C10H17NO3/c1-6(2)8(9(12)7(3)4)11-10(13)14-5/h6-7H,1-5H3. The third kappa shape index (κ3) is 3.68. The van der Waals surface area contributed by atoms with Gasteiger partial charge >= 0.3 is 6.09 Å². The van der Waals surface area contributed by atoms with Crippen molar-refractivity contribution in [1.82, 2.24) is 0 Å². The molecular weight excluding hydrogens is 182 g/mol. The lowest BCUT2D eigenvalue weighted by atomic mass is 9.96. The van der Waals surface area contributed by atoms with Crippen LogP contribution >= 0.6 is 0 Å². The highest BCUT2D eigenvalue weighted by atomic mass is 16.5. The molecule has 1 amide bonds. The summed E-state index contributed by atoms with van der Waals surface area (Å²) in [4.78, 5) is 26.1. The minimum Gasteiger partial charge on any atom is -0.451 e. The molecular formula is C10H17NO3. The predicted octanol–water partition coefficient (Wildman–Crippen LogP) is 2.07. The first-order valence-corrected chi connectivity index (χ1v) is 4.60. The van der Waals surface area contributed by atoms with Crippen molar-refractivity contribution >= 4 is 17.6 Å². The van der Waals surface area contributed by atoms with Gasteiger partial charge in [0.25, 0.3) is 0 Å². The average Bonchev–Trinajstić information content (AvgIpc) is 2.11. The highest BCUT2D eigenvalue weighted by molar-refractivity contribution is 6.42. The molecule has 0 heterocycles.